The van der Waals surface area contributed by atoms with Crippen molar-refractivity contribution in [2.45, 2.75) is 31.7 Å². The molecule has 134 valence electrons. The average Bonchev–Trinajstić information content (AvgIpc) is 3.16. The highest BCUT2D eigenvalue weighted by Crippen LogP contribution is 2.51. The third-order valence-electron chi connectivity index (χ3n) is 5.62. The topological polar surface area (TPSA) is 64.4 Å². The molecule has 3 atom stereocenters. The first kappa shape index (κ1) is 16.6. The Balaban J connectivity index is 1.80. The van der Waals surface area contributed by atoms with Crippen LogP contribution in [0.4, 0.5) is 11.4 Å². The summed E-state index contributed by atoms with van der Waals surface area (Å²) in [6, 6.07) is 11.8. The number of nitrogens with one attached hydrogen (secondary N) is 1. The molecule has 0 saturated heterocycles. The molecule has 1 aliphatic carbocycles. The van der Waals surface area contributed by atoms with Gasteiger partial charge in [0.2, 0.25) is 0 Å². The highest BCUT2D eigenvalue weighted by Gasteiger charge is 2.39. The van der Waals surface area contributed by atoms with Crippen molar-refractivity contribution < 1.29 is 9.66 Å². The Morgan fingerprint density at radius 2 is 2.15 bits per heavy atom. The molecule has 0 fully saturated rings. The Morgan fingerprint density at radius 3 is 2.88 bits per heavy atom. The van der Waals surface area contributed by atoms with Gasteiger partial charge < -0.3 is 10.1 Å². The third kappa shape index (κ3) is 2.55. The Kier molecular flexibility index (Phi) is 4.15. The van der Waals surface area contributed by atoms with Crippen LogP contribution in [0.3, 0.4) is 0 Å². The molecule has 2 aromatic rings. The van der Waals surface area contributed by atoms with E-state index >= 15 is 0 Å². The zero-order valence-corrected chi connectivity index (χ0v) is 14.9. The van der Waals surface area contributed by atoms with E-state index in [-0.39, 0.29) is 16.7 Å². The fraction of sp³-hybridized carbons (Fsp3) is 0.333. The lowest BCUT2D eigenvalue weighted by Crippen LogP contribution is -2.29. The minimum absolute atomic E-state index is 0.0175. The number of anilines is 1. The summed E-state index contributed by atoms with van der Waals surface area (Å²) < 4.78 is 5.15. The molecule has 1 N–H and O–H groups in total. The lowest BCUT2D eigenvalue weighted by molar-refractivity contribution is -0.385. The lowest BCUT2D eigenvalue weighted by Gasteiger charge is -2.38. The van der Waals surface area contributed by atoms with Crippen LogP contribution in [-0.2, 0) is 6.42 Å². The van der Waals surface area contributed by atoms with Crippen molar-refractivity contribution >= 4 is 11.4 Å². The summed E-state index contributed by atoms with van der Waals surface area (Å²) in [5.74, 6) is 1.01. The molecule has 5 nitrogen and oxygen atoms in total. The fourth-order valence-electron chi connectivity index (χ4n) is 4.35. The highest BCUT2D eigenvalue weighted by atomic mass is 16.6. The van der Waals surface area contributed by atoms with Crippen molar-refractivity contribution in [2.24, 2.45) is 5.92 Å². The lowest BCUT2D eigenvalue weighted by atomic mass is 9.76. The number of methoxy groups -OCH3 is 1. The van der Waals surface area contributed by atoms with Crippen LogP contribution >= 0.6 is 0 Å². The largest absolute Gasteiger partial charge is 0.490 e. The Hall–Kier alpha value is -2.82. The van der Waals surface area contributed by atoms with Crippen molar-refractivity contribution in [1.29, 1.82) is 0 Å². The van der Waals surface area contributed by atoms with Gasteiger partial charge >= 0.3 is 5.69 Å². The maximum absolute atomic E-state index is 11.4. The molecular formula is C21H22N2O3. The molecule has 1 aliphatic heterocycles. The summed E-state index contributed by atoms with van der Waals surface area (Å²) in [5, 5.41) is 15.1. The number of nitrogens with zero attached hydrogens (tertiary/aromatic N) is 1. The van der Waals surface area contributed by atoms with Crippen LogP contribution in [0.1, 0.15) is 42.0 Å². The van der Waals surface area contributed by atoms with E-state index in [9.17, 15) is 10.1 Å². The standard InChI is InChI=1S/C21H22N2O3/c1-3-13-6-4-8-16-15-7-5-9-17(15)21(22-20(13)16)14-10-11-19(26-2)18(12-14)23(24)25/h4-8,10-12,15,17,21-22H,3,9H2,1-2H3/t15?,17?,21-/m1/s1. The molecule has 1 heterocycles. The van der Waals surface area contributed by atoms with Crippen molar-refractivity contribution in [3.63, 3.8) is 0 Å². The van der Waals surface area contributed by atoms with Gasteiger partial charge in [-0.2, -0.15) is 0 Å². The molecule has 4 rings (SSSR count). The van der Waals surface area contributed by atoms with Crippen LogP contribution in [0.2, 0.25) is 0 Å². The number of hydrogen-bond donors (Lipinski definition) is 1. The molecule has 0 radical (unpaired) electrons. The smallest absolute Gasteiger partial charge is 0.311 e. The second-order valence-electron chi connectivity index (χ2n) is 6.90. The Morgan fingerprint density at radius 1 is 1.31 bits per heavy atom. The van der Waals surface area contributed by atoms with Crippen LogP contribution in [0.25, 0.3) is 0 Å². The number of fused-ring (bicyclic) bond motifs is 3. The summed E-state index contributed by atoms with van der Waals surface area (Å²) in [6.45, 7) is 2.15. The molecule has 0 bridgehead atoms. The van der Waals surface area contributed by atoms with Gasteiger partial charge in [-0.25, -0.2) is 0 Å². The molecule has 2 unspecified atom stereocenters. The van der Waals surface area contributed by atoms with Gasteiger partial charge in [0.25, 0.3) is 0 Å². The predicted molar refractivity (Wildman–Crippen MR) is 102 cm³/mol. The number of aryl methyl sites for hydroxylation is 1. The number of nitro benzene ring substituents is 1. The number of ether oxygens (including phenoxy) is 1. The second-order valence-corrected chi connectivity index (χ2v) is 6.90. The van der Waals surface area contributed by atoms with Crippen LogP contribution in [0.5, 0.6) is 5.75 Å². The van der Waals surface area contributed by atoms with Gasteiger partial charge in [0.1, 0.15) is 0 Å². The van der Waals surface area contributed by atoms with Crippen LogP contribution < -0.4 is 10.1 Å². The molecule has 2 aliphatic rings. The molecule has 5 heteroatoms. The number of allylic oxidation sites excluding steroid dienone is 2. The molecule has 0 spiro atoms. The highest BCUT2D eigenvalue weighted by molar-refractivity contribution is 5.65. The summed E-state index contributed by atoms with van der Waals surface area (Å²) in [5.41, 5.74) is 4.76. The summed E-state index contributed by atoms with van der Waals surface area (Å²) in [6.07, 6.45) is 6.44. The predicted octanol–water partition coefficient (Wildman–Crippen LogP) is 4.99. The van der Waals surface area contributed by atoms with Crippen LogP contribution in [-0.4, -0.2) is 12.0 Å². The minimum Gasteiger partial charge on any atom is -0.490 e. The quantitative estimate of drug-likeness (QED) is 0.479. The first-order chi connectivity index (χ1) is 12.6. The molecule has 26 heavy (non-hydrogen) atoms. The van der Waals surface area contributed by atoms with Gasteiger partial charge in [-0.3, -0.25) is 10.1 Å². The van der Waals surface area contributed by atoms with Gasteiger partial charge in [-0.1, -0.05) is 43.3 Å². The number of rotatable bonds is 4. The van der Waals surface area contributed by atoms with Gasteiger partial charge in [0.15, 0.2) is 5.75 Å². The molecule has 0 amide bonds. The van der Waals surface area contributed by atoms with E-state index in [4.69, 9.17) is 4.74 Å². The number of para-hydroxylation sites is 1. The van der Waals surface area contributed by atoms with Crippen molar-refractivity contribution in [2.75, 3.05) is 12.4 Å². The van der Waals surface area contributed by atoms with Crippen molar-refractivity contribution in [3.8, 4) is 5.75 Å². The molecule has 2 aromatic carbocycles. The van der Waals surface area contributed by atoms with Gasteiger partial charge in [-0.15, -0.1) is 0 Å². The van der Waals surface area contributed by atoms with Gasteiger partial charge in [-0.05, 0) is 41.5 Å². The summed E-state index contributed by atoms with van der Waals surface area (Å²) >= 11 is 0. The van der Waals surface area contributed by atoms with E-state index in [0.717, 1.165) is 18.4 Å². The summed E-state index contributed by atoms with van der Waals surface area (Å²) in [7, 11) is 1.46. The minimum atomic E-state index is -0.374. The monoisotopic (exact) mass is 350 g/mol. The van der Waals surface area contributed by atoms with Crippen molar-refractivity contribution in [3.05, 3.63) is 75.4 Å². The first-order valence-electron chi connectivity index (χ1n) is 9.01. The number of benzene rings is 2. The second kappa shape index (κ2) is 6.48. The van der Waals surface area contributed by atoms with E-state index in [0.29, 0.717) is 17.6 Å². The normalized spacial score (nSPS) is 23.1. The Bertz CT molecular complexity index is 891. The van der Waals surface area contributed by atoms with E-state index in [1.54, 1.807) is 12.1 Å². The number of hydrogen-bond acceptors (Lipinski definition) is 4. The molecular weight excluding hydrogens is 328 g/mol. The van der Waals surface area contributed by atoms with Crippen molar-refractivity contribution in [1.82, 2.24) is 0 Å². The maximum Gasteiger partial charge on any atom is 0.311 e. The zero-order chi connectivity index (χ0) is 18.3. The van der Waals surface area contributed by atoms with Gasteiger partial charge in [0, 0.05) is 17.7 Å². The molecule has 0 saturated carbocycles. The fourth-order valence-corrected chi connectivity index (χ4v) is 4.35. The van der Waals surface area contributed by atoms with Gasteiger partial charge in [0.05, 0.1) is 18.1 Å². The Labute approximate surface area is 152 Å². The SMILES string of the molecule is CCc1cccc2c1N[C@H](c1ccc(OC)c([N+](=O)[O-])c1)C1CC=CC21. The average molecular weight is 350 g/mol. The number of nitro groups is 1. The van der Waals surface area contributed by atoms with E-state index in [1.807, 2.05) is 6.07 Å². The van der Waals surface area contributed by atoms with E-state index < -0.39 is 0 Å². The third-order valence-corrected chi connectivity index (χ3v) is 5.62. The van der Waals surface area contributed by atoms with Crippen LogP contribution in [0.15, 0.2) is 48.6 Å². The maximum atomic E-state index is 11.4. The zero-order valence-electron chi connectivity index (χ0n) is 14.9. The van der Waals surface area contributed by atoms with E-state index in [2.05, 4.69) is 42.6 Å². The first-order valence-corrected chi connectivity index (χ1v) is 9.01. The summed E-state index contributed by atoms with van der Waals surface area (Å²) in [4.78, 5) is 11.1. The van der Waals surface area contributed by atoms with E-state index in [1.165, 1.54) is 23.9 Å². The van der Waals surface area contributed by atoms with Crippen LogP contribution in [0, 0.1) is 16.0 Å². The molecule has 0 aromatic heterocycles.